The van der Waals surface area contributed by atoms with Gasteiger partial charge in [0.15, 0.2) is 5.96 Å². The lowest BCUT2D eigenvalue weighted by Gasteiger charge is -2.41. The molecule has 3 fully saturated rings. The van der Waals surface area contributed by atoms with Crippen LogP contribution in [0, 0.1) is 5.41 Å². The summed E-state index contributed by atoms with van der Waals surface area (Å²) in [5, 5.41) is 3.40. The second kappa shape index (κ2) is 9.90. The molecule has 26 heavy (non-hydrogen) atoms. The zero-order chi connectivity index (χ0) is 18.2. The molecule has 0 aromatic carbocycles. The minimum absolute atomic E-state index is 0.310. The third-order valence-electron chi connectivity index (χ3n) is 6.59. The second-order valence-electron chi connectivity index (χ2n) is 8.46. The van der Waals surface area contributed by atoms with Crippen LogP contribution in [0.15, 0.2) is 4.99 Å². The molecule has 6 nitrogen and oxygen atoms in total. The lowest BCUT2D eigenvalue weighted by atomic mass is 9.73. The highest BCUT2D eigenvalue weighted by Gasteiger charge is 2.34. The van der Waals surface area contributed by atoms with Crippen LogP contribution >= 0.6 is 0 Å². The van der Waals surface area contributed by atoms with Gasteiger partial charge >= 0.3 is 0 Å². The van der Waals surface area contributed by atoms with Crippen LogP contribution in [-0.2, 0) is 4.74 Å². The van der Waals surface area contributed by atoms with Crippen molar-refractivity contribution in [3.8, 4) is 0 Å². The van der Waals surface area contributed by atoms with Crippen molar-refractivity contribution >= 4 is 5.96 Å². The fraction of sp³-hybridized carbons (Fsp3) is 0.950. The quantitative estimate of drug-likeness (QED) is 0.531. The number of rotatable bonds is 7. The van der Waals surface area contributed by atoms with Gasteiger partial charge in [-0.05, 0) is 38.8 Å². The van der Waals surface area contributed by atoms with E-state index in [1.807, 2.05) is 0 Å². The predicted molar refractivity (Wildman–Crippen MR) is 108 cm³/mol. The molecular weight excluding hydrogens is 326 g/mol. The molecule has 3 N–H and O–H groups in total. The number of hydrogen-bond acceptors (Lipinski definition) is 4. The van der Waals surface area contributed by atoms with Crippen molar-refractivity contribution in [1.82, 2.24) is 15.1 Å². The van der Waals surface area contributed by atoms with Crippen molar-refractivity contribution in [3.05, 3.63) is 0 Å². The SMILES string of the molecule is CCN1CCCC1CNC(N)=NCC1(CN2CCOCC2)CCCCC1. The number of ether oxygens (including phenoxy) is 1. The predicted octanol–water partition coefficient (Wildman–Crippen LogP) is 1.66. The molecular formula is C20H39N5O. The number of hydrogen-bond donors (Lipinski definition) is 2. The number of likely N-dealkylation sites (N-methyl/N-ethyl adjacent to an activating group) is 1. The number of aliphatic imine (C=N–C) groups is 1. The molecule has 2 heterocycles. The van der Waals surface area contributed by atoms with Crippen LogP contribution in [0.5, 0.6) is 0 Å². The minimum atomic E-state index is 0.310. The second-order valence-corrected chi connectivity index (χ2v) is 8.46. The molecule has 0 bridgehead atoms. The smallest absolute Gasteiger partial charge is 0.188 e. The van der Waals surface area contributed by atoms with Gasteiger partial charge in [-0.15, -0.1) is 0 Å². The Morgan fingerprint density at radius 2 is 1.92 bits per heavy atom. The van der Waals surface area contributed by atoms with Gasteiger partial charge in [0.05, 0.1) is 13.2 Å². The Morgan fingerprint density at radius 1 is 1.15 bits per heavy atom. The first-order valence-corrected chi connectivity index (χ1v) is 10.8. The Bertz CT molecular complexity index is 443. The number of nitrogens with two attached hydrogens (primary N) is 1. The van der Waals surface area contributed by atoms with Crippen LogP contribution in [0.2, 0.25) is 0 Å². The zero-order valence-corrected chi connectivity index (χ0v) is 16.7. The number of nitrogens with zero attached hydrogens (tertiary/aromatic N) is 3. The summed E-state index contributed by atoms with van der Waals surface area (Å²) in [6, 6.07) is 0.616. The van der Waals surface area contributed by atoms with E-state index in [9.17, 15) is 0 Å². The van der Waals surface area contributed by atoms with E-state index >= 15 is 0 Å². The molecule has 0 radical (unpaired) electrons. The molecule has 1 unspecified atom stereocenters. The molecule has 0 spiro atoms. The van der Waals surface area contributed by atoms with Crippen LogP contribution in [0.3, 0.4) is 0 Å². The highest BCUT2D eigenvalue weighted by atomic mass is 16.5. The van der Waals surface area contributed by atoms with Crippen LogP contribution in [0.1, 0.15) is 51.9 Å². The maximum atomic E-state index is 6.23. The Kier molecular flexibility index (Phi) is 7.58. The first-order chi connectivity index (χ1) is 12.7. The average Bonchev–Trinajstić information content (AvgIpc) is 3.14. The first kappa shape index (κ1) is 19.9. The van der Waals surface area contributed by atoms with Crippen LogP contribution in [0.4, 0.5) is 0 Å². The minimum Gasteiger partial charge on any atom is -0.379 e. The third-order valence-corrected chi connectivity index (χ3v) is 6.59. The summed E-state index contributed by atoms with van der Waals surface area (Å²) in [6.45, 7) is 11.4. The largest absolute Gasteiger partial charge is 0.379 e. The van der Waals surface area contributed by atoms with Crippen molar-refractivity contribution in [3.63, 3.8) is 0 Å². The van der Waals surface area contributed by atoms with E-state index in [4.69, 9.17) is 15.5 Å². The van der Waals surface area contributed by atoms with E-state index in [1.165, 1.54) is 51.5 Å². The maximum Gasteiger partial charge on any atom is 0.188 e. The standard InChI is InChI=1S/C20H39N5O/c1-2-25-10-6-7-18(25)15-22-19(21)23-16-20(8-4-3-5-9-20)17-24-11-13-26-14-12-24/h18H,2-17H2,1H3,(H3,21,22,23). The molecule has 150 valence electrons. The summed E-state index contributed by atoms with van der Waals surface area (Å²) in [5.74, 6) is 0.639. The van der Waals surface area contributed by atoms with Gasteiger partial charge in [0.1, 0.15) is 0 Å². The number of guanidine groups is 1. The third kappa shape index (κ3) is 5.57. The summed E-state index contributed by atoms with van der Waals surface area (Å²) >= 11 is 0. The van der Waals surface area contributed by atoms with E-state index in [2.05, 4.69) is 22.0 Å². The Balaban J connectivity index is 1.51. The van der Waals surface area contributed by atoms with Gasteiger partial charge in [0.2, 0.25) is 0 Å². The number of likely N-dealkylation sites (tertiary alicyclic amines) is 1. The summed E-state index contributed by atoms with van der Waals surface area (Å²) in [7, 11) is 0. The van der Waals surface area contributed by atoms with Gasteiger partial charge in [0, 0.05) is 44.2 Å². The maximum absolute atomic E-state index is 6.23. The molecule has 2 saturated heterocycles. The lowest BCUT2D eigenvalue weighted by molar-refractivity contribution is 0.00938. The highest BCUT2D eigenvalue weighted by molar-refractivity contribution is 5.77. The highest BCUT2D eigenvalue weighted by Crippen LogP contribution is 2.37. The van der Waals surface area contributed by atoms with Crippen molar-refractivity contribution in [2.45, 2.75) is 57.9 Å². The Labute approximate surface area is 159 Å². The normalized spacial score (nSPS) is 28.3. The fourth-order valence-corrected chi connectivity index (χ4v) is 4.98. The first-order valence-electron chi connectivity index (χ1n) is 10.8. The molecule has 0 amide bonds. The summed E-state index contributed by atoms with van der Waals surface area (Å²) < 4.78 is 5.52. The Morgan fingerprint density at radius 3 is 2.65 bits per heavy atom. The summed E-state index contributed by atoms with van der Waals surface area (Å²) in [4.78, 5) is 9.92. The lowest BCUT2D eigenvalue weighted by Crippen LogP contribution is -2.47. The van der Waals surface area contributed by atoms with Gasteiger partial charge < -0.3 is 15.8 Å². The monoisotopic (exact) mass is 365 g/mol. The molecule has 3 aliphatic rings. The van der Waals surface area contributed by atoms with Gasteiger partial charge in [-0.2, -0.15) is 0 Å². The van der Waals surface area contributed by atoms with E-state index < -0.39 is 0 Å². The van der Waals surface area contributed by atoms with Crippen LogP contribution in [-0.4, -0.2) is 80.8 Å². The average molecular weight is 366 g/mol. The van der Waals surface area contributed by atoms with Crippen molar-refractivity contribution in [2.24, 2.45) is 16.1 Å². The Hall–Kier alpha value is -0.850. The van der Waals surface area contributed by atoms with Crippen molar-refractivity contribution in [1.29, 1.82) is 0 Å². The number of nitrogens with one attached hydrogen (secondary N) is 1. The molecule has 1 aliphatic carbocycles. The van der Waals surface area contributed by atoms with E-state index in [0.717, 1.165) is 52.5 Å². The van der Waals surface area contributed by atoms with E-state index in [-0.39, 0.29) is 0 Å². The van der Waals surface area contributed by atoms with Gasteiger partial charge in [0.25, 0.3) is 0 Å². The molecule has 0 aromatic rings. The van der Waals surface area contributed by atoms with Gasteiger partial charge in [-0.25, -0.2) is 0 Å². The summed E-state index contributed by atoms with van der Waals surface area (Å²) in [5.41, 5.74) is 6.54. The van der Waals surface area contributed by atoms with Gasteiger partial charge in [-0.1, -0.05) is 26.2 Å². The molecule has 1 atom stereocenters. The number of morpholine rings is 1. The molecule has 6 heteroatoms. The molecule has 2 aliphatic heterocycles. The van der Waals surface area contributed by atoms with Crippen molar-refractivity contribution in [2.75, 3.05) is 59.0 Å². The van der Waals surface area contributed by atoms with Crippen LogP contribution < -0.4 is 11.1 Å². The van der Waals surface area contributed by atoms with Gasteiger partial charge in [-0.3, -0.25) is 14.8 Å². The summed E-state index contributed by atoms with van der Waals surface area (Å²) in [6.07, 6.45) is 9.19. The topological polar surface area (TPSA) is 66.1 Å². The van der Waals surface area contributed by atoms with Crippen LogP contribution in [0.25, 0.3) is 0 Å². The van der Waals surface area contributed by atoms with E-state index in [1.54, 1.807) is 0 Å². The van der Waals surface area contributed by atoms with E-state index in [0.29, 0.717) is 17.4 Å². The fourth-order valence-electron chi connectivity index (χ4n) is 4.98. The van der Waals surface area contributed by atoms with Crippen molar-refractivity contribution < 1.29 is 4.74 Å². The zero-order valence-electron chi connectivity index (χ0n) is 16.7. The molecule has 0 aromatic heterocycles. The molecule has 1 saturated carbocycles. The molecule has 3 rings (SSSR count).